The first kappa shape index (κ1) is 22.4. The van der Waals surface area contributed by atoms with Gasteiger partial charge in [-0.2, -0.15) is 0 Å². The van der Waals surface area contributed by atoms with Gasteiger partial charge in [-0.25, -0.2) is 0 Å². The van der Waals surface area contributed by atoms with Gasteiger partial charge in [0.2, 0.25) is 0 Å². The highest BCUT2D eigenvalue weighted by atomic mass is 31.2. The van der Waals surface area contributed by atoms with Crippen molar-refractivity contribution in [2.24, 2.45) is 0 Å². The van der Waals surface area contributed by atoms with Gasteiger partial charge in [-0.1, -0.05) is 72.8 Å². The van der Waals surface area contributed by atoms with Crippen LogP contribution < -0.4 is 10.0 Å². The standard InChI is InChI=1S/C29H25O4P/c1-3-7-19-12-17-23(27(18-19)33-2)26-11-6-10-25-22-8-4-5-9-24(22)28(29(25)26)20-13-15-21(16-14-20)34(30,31)32/h3-6,8-18,28H,1,7H2,2H3,(H2,30,31,32)/t28-/m0/s1. The van der Waals surface area contributed by atoms with E-state index in [9.17, 15) is 14.4 Å². The molecule has 5 rings (SSSR count). The van der Waals surface area contributed by atoms with Crippen molar-refractivity contribution in [2.75, 3.05) is 7.11 Å². The lowest BCUT2D eigenvalue weighted by Gasteiger charge is -2.20. The smallest absolute Gasteiger partial charge is 0.356 e. The molecule has 0 unspecified atom stereocenters. The average molecular weight is 468 g/mol. The predicted octanol–water partition coefficient (Wildman–Crippen LogP) is 6.05. The van der Waals surface area contributed by atoms with Crippen LogP contribution in [0.15, 0.2) is 97.6 Å². The zero-order valence-corrected chi connectivity index (χ0v) is 19.7. The van der Waals surface area contributed by atoms with Crippen LogP contribution in [-0.2, 0) is 11.0 Å². The van der Waals surface area contributed by atoms with Gasteiger partial charge < -0.3 is 14.5 Å². The molecule has 34 heavy (non-hydrogen) atoms. The topological polar surface area (TPSA) is 66.8 Å². The predicted molar refractivity (Wildman–Crippen MR) is 137 cm³/mol. The molecule has 0 bridgehead atoms. The van der Waals surface area contributed by atoms with Crippen LogP contribution >= 0.6 is 7.60 Å². The Hall–Kier alpha value is -3.43. The first-order valence-corrected chi connectivity index (χ1v) is 12.7. The van der Waals surface area contributed by atoms with Gasteiger partial charge in [0.15, 0.2) is 0 Å². The van der Waals surface area contributed by atoms with Gasteiger partial charge >= 0.3 is 7.60 Å². The van der Waals surface area contributed by atoms with Gasteiger partial charge in [0.1, 0.15) is 5.75 Å². The Morgan fingerprint density at radius 1 is 0.882 bits per heavy atom. The molecule has 4 aromatic rings. The van der Waals surface area contributed by atoms with Gasteiger partial charge in [0.25, 0.3) is 0 Å². The minimum atomic E-state index is -4.30. The first-order chi connectivity index (χ1) is 16.4. The van der Waals surface area contributed by atoms with E-state index in [0.29, 0.717) is 0 Å². The van der Waals surface area contributed by atoms with E-state index in [1.165, 1.54) is 28.8 Å². The summed E-state index contributed by atoms with van der Waals surface area (Å²) in [6.45, 7) is 3.84. The van der Waals surface area contributed by atoms with Gasteiger partial charge in [-0.3, -0.25) is 4.57 Å². The largest absolute Gasteiger partial charge is 0.496 e. The molecule has 0 amide bonds. The van der Waals surface area contributed by atoms with E-state index >= 15 is 0 Å². The van der Waals surface area contributed by atoms with Crippen molar-refractivity contribution in [3.8, 4) is 28.0 Å². The van der Waals surface area contributed by atoms with Crippen LogP contribution in [0.4, 0.5) is 0 Å². The summed E-state index contributed by atoms with van der Waals surface area (Å²) in [6, 6.07) is 27.6. The zero-order chi connectivity index (χ0) is 23.9. The summed E-state index contributed by atoms with van der Waals surface area (Å²) >= 11 is 0. The van der Waals surface area contributed by atoms with E-state index in [1.54, 1.807) is 7.11 Å². The van der Waals surface area contributed by atoms with Gasteiger partial charge in [-0.15, -0.1) is 6.58 Å². The summed E-state index contributed by atoms with van der Waals surface area (Å²) in [5.41, 5.74) is 8.89. The van der Waals surface area contributed by atoms with Gasteiger partial charge in [0, 0.05) is 11.5 Å². The molecule has 0 spiro atoms. The van der Waals surface area contributed by atoms with Crippen LogP contribution in [0.2, 0.25) is 0 Å². The molecule has 0 saturated heterocycles. The molecule has 0 radical (unpaired) electrons. The second-order valence-electron chi connectivity index (χ2n) is 8.45. The Morgan fingerprint density at radius 3 is 2.24 bits per heavy atom. The third-order valence-electron chi connectivity index (χ3n) is 6.46. The van der Waals surface area contributed by atoms with Gasteiger partial charge in [-0.05, 0) is 63.6 Å². The number of fused-ring (bicyclic) bond motifs is 3. The van der Waals surface area contributed by atoms with Crippen LogP contribution in [0.1, 0.15) is 28.2 Å². The molecule has 1 aliphatic carbocycles. The maximum atomic E-state index is 11.7. The fraction of sp³-hybridized carbons (Fsp3) is 0.103. The molecular weight excluding hydrogens is 443 g/mol. The number of benzene rings is 4. The first-order valence-electron chi connectivity index (χ1n) is 11.1. The molecule has 1 atom stereocenters. The minimum absolute atomic E-state index is 0.0236. The van der Waals surface area contributed by atoms with E-state index in [-0.39, 0.29) is 11.2 Å². The number of rotatable bonds is 6. The third-order valence-corrected chi connectivity index (χ3v) is 7.43. The van der Waals surface area contributed by atoms with Crippen molar-refractivity contribution >= 4 is 12.9 Å². The fourth-order valence-electron chi connectivity index (χ4n) is 4.95. The highest BCUT2D eigenvalue weighted by Crippen LogP contribution is 2.52. The minimum Gasteiger partial charge on any atom is -0.496 e. The summed E-state index contributed by atoms with van der Waals surface area (Å²) in [6.07, 6.45) is 2.64. The molecule has 4 nitrogen and oxygen atoms in total. The van der Waals surface area contributed by atoms with Crippen LogP contribution in [0.5, 0.6) is 5.75 Å². The Morgan fingerprint density at radius 2 is 1.56 bits per heavy atom. The summed E-state index contributed by atoms with van der Waals surface area (Å²) in [5, 5.41) is 0.0236. The van der Waals surface area contributed by atoms with E-state index < -0.39 is 7.60 Å². The maximum Gasteiger partial charge on any atom is 0.356 e. The van der Waals surface area contributed by atoms with Crippen molar-refractivity contribution in [1.82, 2.24) is 0 Å². The second kappa shape index (κ2) is 8.73. The quantitative estimate of drug-likeness (QED) is 0.235. The van der Waals surface area contributed by atoms with Crippen molar-refractivity contribution in [1.29, 1.82) is 0 Å². The maximum absolute atomic E-state index is 11.7. The average Bonchev–Trinajstić information content (AvgIpc) is 3.18. The SMILES string of the molecule is C=CCc1ccc(-c2cccc3c2[C@@H](c2ccc(P(=O)(O)O)cc2)c2ccccc2-3)c(OC)c1. The lowest BCUT2D eigenvalue weighted by Crippen LogP contribution is -2.07. The normalized spacial score (nSPS) is 14.4. The molecule has 0 saturated carbocycles. The molecule has 0 fully saturated rings. The molecule has 0 aromatic heterocycles. The van der Waals surface area contributed by atoms with E-state index in [1.807, 2.05) is 30.3 Å². The number of hydrogen-bond acceptors (Lipinski definition) is 2. The summed E-state index contributed by atoms with van der Waals surface area (Å²) in [7, 11) is -2.62. The Balaban J connectivity index is 1.73. The molecule has 170 valence electrons. The van der Waals surface area contributed by atoms with E-state index in [0.717, 1.165) is 40.0 Å². The lowest BCUT2D eigenvalue weighted by molar-refractivity contribution is 0.387. The highest BCUT2D eigenvalue weighted by molar-refractivity contribution is 7.60. The number of allylic oxidation sites excluding steroid dienone is 1. The molecule has 2 N–H and O–H groups in total. The third kappa shape index (κ3) is 3.80. The van der Waals surface area contributed by atoms with Crippen LogP contribution in [0.25, 0.3) is 22.3 Å². The zero-order valence-electron chi connectivity index (χ0n) is 18.8. The van der Waals surface area contributed by atoms with Crippen molar-refractivity contribution in [2.45, 2.75) is 12.3 Å². The van der Waals surface area contributed by atoms with Gasteiger partial charge in [0.05, 0.1) is 12.4 Å². The Kier molecular flexibility index (Phi) is 5.75. The Bertz CT molecular complexity index is 1430. The number of ether oxygens (including phenoxy) is 1. The number of hydrogen-bond donors (Lipinski definition) is 2. The van der Waals surface area contributed by atoms with E-state index in [4.69, 9.17) is 4.74 Å². The fourth-order valence-corrected chi connectivity index (χ4v) is 5.49. The van der Waals surface area contributed by atoms with Crippen molar-refractivity contribution < 1.29 is 19.1 Å². The van der Waals surface area contributed by atoms with Crippen molar-refractivity contribution in [3.05, 3.63) is 120 Å². The molecule has 5 heteroatoms. The summed E-state index contributed by atoms with van der Waals surface area (Å²) in [4.78, 5) is 19.1. The van der Waals surface area contributed by atoms with E-state index in [2.05, 4.69) is 55.1 Å². The lowest BCUT2D eigenvalue weighted by atomic mass is 9.84. The second-order valence-corrected chi connectivity index (χ2v) is 10.1. The molecule has 0 aliphatic heterocycles. The van der Waals surface area contributed by atoms with Crippen molar-refractivity contribution in [3.63, 3.8) is 0 Å². The molecular formula is C29H25O4P. The molecule has 4 aromatic carbocycles. The summed E-state index contributed by atoms with van der Waals surface area (Å²) in [5.74, 6) is 0.741. The highest BCUT2D eigenvalue weighted by Gasteiger charge is 2.33. The Labute approximate surface area is 199 Å². The molecule has 1 aliphatic rings. The van der Waals surface area contributed by atoms with Crippen LogP contribution in [0, 0.1) is 0 Å². The van der Waals surface area contributed by atoms with Crippen LogP contribution in [0.3, 0.4) is 0 Å². The van der Waals surface area contributed by atoms with Crippen LogP contribution in [-0.4, -0.2) is 16.9 Å². The number of methoxy groups -OCH3 is 1. The summed E-state index contributed by atoms with van der Waals surface area (Å²) < 4.78 is 17.5. The molecule has 0 heterocycles. The monoisotopic (exact) mass is 468 g/mol.